The average Bonchev–Trinajstić information content (AvgIpc) is 3.00. The van der Waals surface area contributed by atoms with Gasteiger partial charge in [-0.25, -0.2) is 9.59 Å². The molecule has 2 aliphatic heterocycles. The number of esters is 1. The number of nitrogens with zero attached hydrogens (tertiary/aromatic N) is 2. The van der Waals surface area contributed by atoms with Crippen molar-refractivity contribution in [1.82, 2.24) is 10.2 Å². The molecular formula is C28H27N3O10S2. The smallest absolute Gasteiger partial charge is 0.456 e. The number of carbonyl (C=O) groups is 5. The Balaban J connectivity index is 1.42. The van der Waals surface area contributed by atoms with Gasteiger partial charge in [-0.1, -0.05) is 30.3 Å². The number of non-ortho nitro benzene ring substituents is 1. The molecule has 3 atom stereocenters. The van der Waals surface area contributed by atoms with Crippen LogP contribution >= 0.6 is 23.5 Å². The van der Waals surface area contributed by atoms with Crippen molar-refractivity contribution in [1.29, 1.82) is 0 Å². The Labute approximate surface area is 254 Å². The van der Waals surface area contributed by atoms with Crippen molar-refractivity contribution in [3.05, 3.63) is 86.4 Å². The van der Waals surface area contributed by atoms with Crippen LogP contribution in [0, 0.1) is 16.0 Å². The number of carbonyl (C=O) groups excluding carboxylic acids is 5. The third kappa shape index (κ3) is 7.93. The molecular weight excluding hydrogens is 602 g/mol. The summed E-state index contributed by atoms with van der Waals surface area (Å²) >= 11 is 2.61. The van der Waals surface area contributed by atoms with Crippen LogP contribution in [0.15, 0.2) is 65.2 Å². The lowest BCUT2D eigenvalue weighted by atomic mass is 9.91. The van der Waals surface area contributed by atoms with Crippen molar-refractivity contribution >= 4 is 59.4 Å². The van der Waals surface area contributed by atoms with Crippen molar-refractivity contribution in [2.24, 2.45) is 5.92 Å². The Morgan fingerprint density at radius 2 is 1.79 bits per heavy atom. The van der Waals surface area contributed by atoms with E-state index in [1.807, 2.05) is 6.07 Å². The minimum absolute atomic E-state index is 0.0169. The molecule has 43 heavy (non-hydrogen) atoms. The van der Waals surface area contributed by atoms with Gasteiger partial charge in [0.15, 0.2) is 12.4 Å². The van der Waals surface area contributed by atoms with Crippen LogP contribution in [0.25, 0.3) is 0 Å². The summed E-state index contributed by atoms with van der Waals surface area (Å²) in [6, 6.07) is 14.3. The fraction of sp³-hybridized carbons (Fsp3) is 0.321. The van der Waals surface area contributed by atoms with E-state index in [1.165, 1.54) is 59.6 Å². The number of hydrogen-bond donors (Lipinski definition) is 1. The molecule has 1 unspecified atom stereocenters. The molecule has 0 spiro atoms. The van der Waals surface area contributed by atoms with E-state index in [0.717, 1.165) is 5.56 Å². The van der Waals surface area contributed by atoms with Gasteiger partial charge in [-0.3, -0.25) is 29.4 Å². The van der Waals surface area contributed by atoms with Crippen molar-refractivity contribution in [2.45, 2.75) is 31.6 Å². The average molecular weight is 630 g/mol. The number of ether oxygens (including phenoxy) is 3. The number of hydrogen-bond acceptors (Lipinski definition) is 12. The Hall–Kier alpha value is -4.37. The first-order valence-corrected chi connectivity index (χ1v) is 15.0. The van der Waals surface area contributed by atoms with Crippen LogP contribution in [0.3, 0.4) is 0 Å². The molecule has 15 heteroatoms. The minimum Gasteiger partial charge on any atom is -0.456 e. The predicted octanol–water partition coefficient (Wildman–Crippen LogP) is 3.17. The number of benzene rings is 2. The first-order chi connectivity index (χ1) is 20.7. The van der Waals surface area contributed by atoms with Gasteiger partial charge in [-0.15, -0.1) is 23.5 Å². The van der Waals surface area contributed by atoms with Crippen molar-refractivity contribution in [3.8, 4) is 0 Å². The van der Waals surface area contributed by atoms with Crippen molar-refractivity contribution in [3.63, 3.8) is 0 Å². The molecule has 4 rings (SSSR count). The molecule has 2 amide bonds. The van der Waals surface area contributed by atoms with Gasteiger partial charge in [-0.2, -0.15) is 0 Å². The monoisotopic (exact) mass is 629 g/mol. The third-order valence-electron chi connectivity index (χ3n) is 6.36. The number of amides is 2. The number of rotatable bonds is 13. The second-order valence-corrected chi connectivity index (χ2v) is 11.6. The van der Waals surface area contributed by atoms with Crippen LogP contribution in [0.2, 0.25) is 0 Å². The van der Waals surface area contributed by atoms with Gasteiger partial charge in [0.05, 0.1) is 10.3 Å². The highest BCUT2D eigenvalue weighted by atomic mass is 32.2. The first-order valence-electron chi connectivity index (χ1n) is 13.0. The van der Waals surface area contributed by atoms with Gasteiger partial charge in [0.25, 0.3) is 5.69 Å². The second kappa shape index (κ2) is 14.7. The van der Waals surface area contributed by atoms with Gasteiger partial charge < -0.3 is 19.5 Å². The summed E-state index contributed by atoms with van der Waals surface area (Å²) in [7, 11) is 0. The number of nitro groups is 1. The molecule has 226 valence electrons. The second-order valence-electron chi connectivity index (χ2n) is 9.28. The van der Waals surface area contributed by atoms with Gasteiger partial charge >= 0.3 is 12.1 Å². The van der Waals surface area contributed by atoms with Crippen molar-refractivity contribution in [2.75, 3.05) is 18.1 Å². The standard InChI is InChI=1S/C28H27N3O10S2/c1-17(33)29-11-12-42-22-16-43-26-23(25(34)30(26)24(22)27(35)39-14-18-5-3-2-4-6-18)21(13-32)41-28(36)40-15-19-7-9-20(10-8-19)31(37)38/h2-10,13,21,23,26H,11-12,14-16H2,1H3,(H,29,33)/t21?,23-,26-/m0/s1. The molecule has 0 aliphatic carbocycles. The molecule has 0 saturated carbocycles. The van der Waals surface area contributed by atoms with Gasteiger partial charge in [-0.05, 0) is 23.3 Å². The molecule has 1 fully saturated rings. The lowest BCUT2D eigenvalue weighted by molar-refractivity contribution is -0.384. The molecule has 1 saturated heterocycles. The number of nitrogens with one attached hydrogen (secondary N) is 1. The number of nitro benzene ring substituents is 1. The van der Waals surface area contributed by atoms with Crippen LogP contribution in [0.1, 0.15) is 18.1 Å². The number of β-lactam (4-membered cyclic amide) rings is 1. The normalized spacial score (nSPS) is 18.1. The van der Waals surface area contributed by atoms with Crippen LogP contribution < -0.4 is 5.32 Å². The predicted molar refractivity (Wildman–Crippen MR) is 155 cm³/mol. The quantitative estimate of drug-likeness (QED) is 0.0858. The molecule has 2 aromatic rings. The van der Waals surface area contributed by atoms with Crippen LogP contribution in [0.4, 0.5) is 10.5 Å². The summed E-state index contributed by atoms with van der Waals surface area (Å²) in [5.41, 5.74) is 1.13. The maximum absolute atomic E-state index is 13.4. The number of aldehydes is 1. The molecule has 0 bridgehead atoms. The third-order valence-corrected chi connectivity index (χ3v) is 8.94. The zero-order chi connectivity index (χ0) is 30.9. The SMILES string of the molecule is CC(=O)NCCSC1=C(C(=O)OCc2ccccc2)N2C(=O)[C@H](C(C=O)OC(=O)OCc3ccc([N+](=O)[O-])cc3)[C@@H]2SC1. The van der Waals surface area contributed by atoms with Crippen LogP contribution in [-0.2, 0) is 46.6 Å². The largest absolute Gasteiger partial charge is 0.509 e. The highest BCUT2D eigenvalue weighted by Gasteiger charge is 2.58. The highest BCUT2D eigenvalue weighted by Crippen LogP contribution is 2.48. The van der Waals surface area contributed by atoms with Crippen molar-refractivity contribution < 1.29 is 43.1 Å². The van der Waals surface area contributed by atoms with Gasteiger partial charge in [0, 0.05) is 42.0 Å². The van der Waals surface area contributed by atoms with E-state index < -0.39 is 40.4 Å². The minimum atomic E-state index is -1.47. The summed E-state index contributed by atoms with van der Waals surface area (Å²) in [5.74, 6) is -1.79. The summed E-state index contributed by atoms with van der Waals surface area (Å²) in [6.07, 6.45) is -2.33. The maximum Gasteiger partial charge on any atom is 0.509 e. The fourth-order valence-electron chi connectivity index (χ4n) is 4.27. The molecule has 1 N–H and O–H groups in total. The number of thioether (sulfide) groups is 2. The molecule has 2 aliphatic rings. The lowest BCUT2D eigenvalue weighted by Gasteiger charge is -2.50. The fourth-order valence-corrected chi connectivity index (χ4v) is 6.87. The topological polar surface area (TPSA) is 171 Å². The first kappa shape index (κ1) is 31.6. The van der Waals surface area contributed by atoms with E-state index in [4.69, 9.17) is 14.2 Å². The molecule has 0 aromatic heterocycles. The van der Waals surface area contributed by atoms with E-state index in [2.05, 4.69) is 5.32 Å². The molecule has 0 radical (unpaired) electrons. The van der Waals surface area contributed by atoms with Crippen LogP contribution in [-0.4, -0.2) is 69.6 Å². The Morgan fingerprint density at radius 3 is 2.44 bits per heavy atom. The molecule has 2 aromatic carbocycles. The van der Waals surface area contributed by atoms with E-state index in [0.29, 0.717) is 34.8 Å². The summed E-state index contributed by atoms with van der Waals surface area (Å²) < 4.78 is 15.7. The van der Waals surface area contributed by atoms with Gasteiger partial charge in [0.2, 0.25) is 11.8 Å². The zero-order valence-corrected chi connectivity index (χ0v) is 24.5. The summed E-state index contributed by atoms with van der Waals surface area (Å²) in [5, 5.41) is 12.8. The maximum atomic E-state index is 13.4. The Bertz CT molecular complexity index is 1420. The number of fused-ring (bicyclic) bond motifs is 1. The Kier molecular flexibility index (Phi) is 10.8. The lowest BCUT2D eigenvalue weighted by Crippen LogP contribution is -2.65. The highest BCUT2D eigenvalue weighted by molar-refractivity contribution is 8.06. The van der Waals surface area contributed by atoms with E-state index >= 15 is 0 Å². The molecule has 2 heterocycles. The van der Waals surface area contributed by atoms with Crippen LogP contribution in [0.5, 0.6) is 0 Å². The van der Waals surface area contributed by atoms with Gasteiger partial charge in [0.1, 0.15) is 24.8 Å². The van der Waals surface area contributed by atoms with E-state index in [9.17, 15) is 34.1 Å². The van der Waals surface area contributed by atoms with E-state index in [-0.39, 0.29) is 30.5 Å². The summed E-state index contributed by atoms with van der Waals surface area (Å²) in [6.45, 7) is 1.46. The zero-order valence-electron chi connectivity index (χ0n) is 22.8. The molecule has 13 nitrogen and oxygen atoms in total. The Morgan fingerprint density at radius 1 is 1.12 bits per heavy atom. The van der Waals surface area contributed by atoms with E-state index in [1.54, 1.807) is 24.3 Å². The summed E-state index contributed by atoms with van der Waals surface area (Å²) in [4.78, 5) is 74.2.